The molecular formula is C32H33F3N2O4. The number of rotatable bonds is 8. The van der Waals surface area contributed by atoms with Crippen LogP contribution < -0.4 is 10.1 Å². The van der Waals surface area contributed by atoms with Crippen LogP contribution in [0.4, 0.5) is 13.2 Å². The summed E-state index contributed by atoms with van der Waals surface area (Å²) in [5.41, 5.74) is 2.72. The third-order valence-corrected chi connectivity index (χ3v) is 8.22. The summed E-state index contributed by atoms with van der Waals surface area (Å²) in [6, 6.07) is 21.8. The van der Waals surface area contributed by atoms with Crippen molar-refractivity contribution in [2.24, 2.45) is 11.8 Å². The van der Waals surface area contributed by atoms with Crippen molar-refractivity contribution in [2.75, 3.05) is 6.61 Å². The minimum absolute atomic E-state index is 0.00965. The first kappa shape index (κ1) is 28.7. The Morgan fingerprint density at radius 3 is 2.22 bits per heavy atom. The average Bonchev–Trinajstić information content (AvgIpc) is 2.98. The van der Waals surface area contributed by atoms with Crippen LogP contribution in [0.1, 0.15) is 58.6 Å². The SMILES string of the molecule is O=C(NCc1ccccc1)[C@@H]1c2ccccc2C(=O)N(Cc2ccc(OC(F)(F)F)cc2)[C@H]1C1CCC(CO)CC1. The number of carbonyl (C=O) groups is 2. The van der Waals surface area contributed by atoms with E-state index < -0.39 is 18.3 Å². The Bertz CT molecular complexity index is 1340. The highest BCUT2D eigenvalue weighted by molar-refractivity contribution is 6.01. The smallest absolute Gasteiger partial charge is 0.406 e. The lowest BCUT2D eigenvalue weighted by Gasteiger charge is -2.47. The number of aliphatic hydroxyl groups excluding tert-OH is 1. The molecule has 0 aromatic heterocycles. The number of hydrogen-bond acceptors (Lipinski definition) is 4. The predicted octanol–water partition coefficient (Wildman–Crippen LogP) is 5.81. The van der Waals surface area contributed by atoms with Crippen molar-refractivity contribution < 1.29 is 32.6 Å². The molecule has 1 fully saturated rings. The molecule has 6 nitrogen and oxygen atoms in total. The van der Waals surface area contributed by atoms with Crippen LogP contribution >= 0.6 is 0 Å². The van der Waals surface area contributed by atoms with Crippen molar-refractivity contribution in [3.63, 3.8) is 0 Å². The molecule has 2 amide bonds. The number of nitrogens with one attached hydrogen (secondary N) is 1. The number of amides is 2. The Kier molecular flexibility index (Phi) is 8.63. The van der Waals surface area contributed by atoms with E-state index in [0.717, 1.165) is 31.2 Å². The van der Waals surface area contributed by atoms with E-state index in [9.17, 15) is 27.9 Å². The molecule has 0 radical (unpaired) electrons. The zero-order valence-electron chi connectivity index (χ0n) is 22.5. The van der Waals surface area contributed by atoms with E-state index in [0.29, 0.717) is 23.2 Å². The maximum Gasteiger partial charge on any atom is 0.573 e. The molecule has 2 N–H and O–H groups in total. The van der Waals surface area contributed by atoms with Gasteiger partial charge >= 0.3 is 6.36 Å². The fraction of sp³-hybridized carbons (Fsp3) is 0.375. The Morgan fingerprint density at radius 2 is 1.56 bits per heavy atom. The summed E-state index contributed by atoms with van der Waals surface area (Å²) in [7, 11) is 0. The molecular weight excluding hydrogens is 533 g/mol. The highest BCUT2D eigenvalue weighted by atomic mass is 19.4. The molecule has 41 heavy (non-hydrogen) atoms. The maximum absolute atomic E-state index is 14.0. The minimum Gasteiger partial charge on any atom is -0.406 e. The summed E-state index contributed by atoms with van der Waals surface area (Å²) in [6.45, 7) is 0.583. The van der Waals surface area contributed by atoms with Gasteiger partial charge in [0.2, 0.25) is 5.91 Å². The number of aliphatic hydroxyl groups is 1. The maximum atomic E-state index is 14.0. The summed E-state index contributed by atoms with van der Waals surface area (Å²) >= 11 is 0. The standard InChI is InChI=1S/C32H33F3N2O4/c33-32(34,35)41-25-16-12-22(13-17-25)19-37-29(24-14-10-23(20-38)11-15-24)28(26-8-4-5-9-27(26)31(37)40)30(39)36-18-21-6-2-1-3-7-21/h1-9,12-13,16-17,23-24,28-29,38H,10-11,14-15,18-20H2,(H,36,39)/t23?,24?,28-,29+/m1/s1. The van der Waals surface area contributed by atoms with Crippen molar-refractivity contribution in [3.05, 3.63) is 101 Å². The Morgan fingerprint density at radius 1 is 0.902 bits per heavy atom. The van der Waals surface area contributed by atoms with Crippen molar-refractivity contribution >= 4 is 11.8 Å². The fourth-order valence-corrected chi connectivity index (χ4v) is 6.22. The molecule has 0 unspecified atom stereocenters. The van der Waals surface area contributed by atoms with Crippen molar-refractivity contribution in [3.8, 4) is 5.75 Å². The van der Waals surface area contributed by atoms with E-state index in [-0.39, 0.29) is 42.6 Å². The number of carbonyl (C=O) groups excluding carboxylic acids is 2. The highest BCUT2D eigenvalue weighted by Crippen LogP contribution is 2.43. The zero-order chi connectivity index (χ0) is 29.0. The van der Waals surface area contributed by atoms with Crippen molar-refractivity contribution in [1.29, 1.82) is 0 Å². The second kappa shape index (κ2) is 12.3. The fourth-order valence-electron chi connectivity index (χ4n) is 6.22. The van der Waals surface area contributed by atoms with Gasteiger partial charge < -0.3 is 20.1 Å². The van der Waals surface area contributed by atoms with Crippen LogP contribution in [0.15, 0.2) is 78.9 Å². The first-order valence-corrected chi connectivity index (χ1v) is 13.9. The van der Waals surface area contributed by atoms with E-state index in [2.05, 4.69) is 10.1 Å². The average molecular weight is 567 g/mol. The van der Waals surface area contributed by atoms with Gasteiger partial charge in [-0.15, -0.1) is 13.2 Å². The third-order valence-electron chi connectivity index (χ3n) is 8.22. The largest absolute Gasteiger partial charge is 0.573 e. The van der Waals surface area contributed by atoms with Crippen LogP contribution in [-0.2, 0) is 17.9 Å². The Balaban J connectivity index is 1.48. The number of fused-ring (bicyclic) bond motifs is 1. The van der Waals surface area contributed by atoms with Gasteiger partial charge in [0, 0.05) is 25.3 Å². The molecule has 1 heterocycles. The van der Waals surface area contributed by atoms with E-state index in [1.807, 2.05) is 42.5 Å². The summed E-state index contributed by atoms with van der Waals surface area (Å²) in [4.78, 5) is 29.7. The topological polar surface area (TPSA) is 78.9 Å². The lowest BCUT2D eigenvalue weighted by Crippen LogP contribution is -2.55. The molecule has 3 aromatic rings. The third kappa shape index (κ3) is 6.73. The number of benzene rings is 3. The predicted molar refractivity (Wildman–Crippen MR) is 147 cm³/mol. The van der Waals surface area contributed by atoms with Crippen LogP contribution in [0.3, 0.4) is 0 Å². The summed E-state index contributed by atoms with van der Waals surface area (Å²) in [5.74, 6) is -1.16. The molecule has 1 aliphatic heterocycles. The van der Waals surface area contributed by atoms with Gasteiger partial charge in [0.15, 0.2) is 0 Å². The second-order valence-corrected chi connectivity index (χ2v) is 10.8. The summed E-state index contributed by atoms with van der Waals surface area (Å²) in [5, 5.41) is 12.8. The van der Waals surface area contributed by atoms with Crippen molar-refractivity contribution in [2.45, 2.75) is 57.1 Å². The lowest BCUT2D eigenvalue weighted by atomic mass is 9.70. The first-order chi connectivity index (χ1) is 19.7. The lowest BCUT2D eigenvalue weighted by molar-refractivity contribution is -0.274. The molecule has 216 valence electrons. The van der Waals surface area contributed by atoms with Gasteiger partial charge in [-0.1, -0.05) is 60.7 Å². The van der Waals surface area contributed by atoms with Gasteiger partial charge in [0.25, 0.3) is 5.91 Å². The monoisotopic (exact) mass is 566 g/mol. The van der Waals surface area contributed by atoms with E-state index in [1.165, 1.54) is 24.3 Å². The number of hydrogen-bond donors (Lipinski definition) is 2. The van der Waals surface area contributed by atoms with Crippen LogP contribution in [-0.4, -0.2) is 40.8 Å². The Hall–Kier alpha value is -3.85. The van der Waals surface area contributed by atoms with Gasteiger partial charge in [0.1, 0.15) is 5.75 Å². The van der Waals surface area contributed by atoms with Crippen LogP contribution in [0.2, 0.25) is 0 Å². The molecule has 0 saturated heterocycles. The molecule has 2 atom stereocenters. The van der Waals surface area contributed by atoms with Crippen LogP contribution in [0.5, 0.6) is 5.75 Å². The summed E-state index contributed by atoms with van der Waals surface area (Å²) < 4.78 is 42.0. The van der Waals surface area contributed by atoms with Crippen LogP contribution in [0.25, 0.3) is 0 Å². The number of halogens is 3. The number of ether oxygens (including phenoxy) is 1. The molecule has 5 rings (SSSR count). The highest BCUT2D eigenvalue weighted by Gasteiger charge is 2.47. The normalized spacial score (nSPS) is 22.6. The van der Waals surface area contributed by atoms with Gasteiger partial charge in [0.05, 0.1) is 12.0 Å². The van der Waals surface area contributed by atoms with Gasteiger partial charge in [-0.2, -0.15) is 0 Å². The van der Waals surface area contributed by atoms with E-state index in [1.54, 1.807) is 17.0 Å². The van der Waals surface area contributed by atoms with Crippen LogP contribution in [0, 0.1) is 11.8 Å². The van der Waals surface area contributed by atoms with Gasteiger partial charge in [-0.05, 0) is 72.4 Å². The molecule has 1 aliphatic carbocycles. The molecule has 3 aromatic carbocycles. The molecule has 2 aliphatic rings. The van der Waals surface area contributed by atoms with Gasteiger partial charge in [-0.25, -0.2) is 0 Å². The molecule has 0 spiro atoms. The summed E-state index contributed by atoms with van der Waals surface area (Å²) in [6.07, 6.45) is -1.70. The molecule has 0 bridgehead atoms. The number of nitrogens with zero attached hydrogens (tertiary/aromatic N) is 1. The van der Waals surface area contributed by atoms with Gasteiger partial charge in [-0.3, -0.25) is 9.59 Å². The molecule has 9 heteroatoms. The second-order valence-electron chi connectivity index (χ2n) is 10.8. The Labute approximate surface area is 237 Å². The van der Waals surface area contributed by atoms with E-state index in [4.69, 9.17) is 0 Å². The first-order valence-electron chi connectivity index (χ1n) is 13.9. The quantitative estimate of drug-likeness (QED) is 0.361. The van der Waals surface area contributed by atoms with E-state index >= 15 is 0 Å². The molecule has 1 saturated carbocycles. The zero-order valence-corrected chi connectivity index (χ0v) is 22.5. The minimum atomic E-state index is -4.80. The number of alkyl halides is 3. The van der Waals surface area contributed by atoms with Crippen molar-refractivity contribution in [1.82, 2.24) is 10.2 Å².